The molecule has 0 radical (unpaired) electrons. The van der Waals surface area contributed by atoms with Crippen molar-refractivity contribution in [2.24, 2.45) is 0 Å². The molecule has 112 valence electrons. The van der Waals surface area contributed by atoms with E-state index in [0.29, 0.717) is 0 Å². The number of halogens is 1. The van der Waals surface area contributed by atoms with E-state index in [1.54, 1.807) is 0 Å². The summed E-state index contributed by atoms with van der Waals surface area (Å²) in [5.74, 6) is 0.928. The fraction of sp³-hybridized carbons (Fsp3) is 0.444. The fourth-order valence-corrected chi connectivity index (χ4v) is 2.82. The van der Waals surface area contributed by atoms with Crippen molar-refractivity contribution in [3.8, 4) is 5.75 Å². The number of rotatable bonds is 7. The van der Waals surface area contributed by atoms with E-state index in [1.807, 2.05) is 30.3 Å². The molecule has 0 heterocycles. The van der Waals surface area contributed by atoms with Crippen molar-refractivity contribution in [1.82, 2.24) is 5.32 Å². The Labute approximate surface area is 131 Å². The highest BCUT2D eigenvalue weighted by Crippen LogP contribution is 2.32. The van der Waals surface area contributed by atoms with Crippen LogP contribution in [0.1, 0.15) is 32.6 Å². The first-order chi connectivity index (χ1) is 10.2. The van der Waals surface area contributed by atoms with E-state index in [-0.39, 0.29) is 6.10 Å². The number of ether oxygens (including phenoxy) is 1. The lowest BCUT2D eigenvalue weighted by Gasteiger charge is -2.17. The van der Waals surface area contributed by atoms with Crippen LogP contribution in [0.3, 0.4) is 0 Å². The van der Waals surface area contributed by atoms with Crippen molar-refractivity contribution in [3.63, 3.8) is 0 Å². The molecule has 0 saturated heterocycles. The van der Waals surface area contributed by atoms with Crippen LogP contribution in [0.4, 0.5) is 0 Å². The third kappa shape index (κ3) is 3.90. The van der Waals surface area contributed by atoms with Crippen LogP contribution in [0, 0.1) is 0 Å². The highest BCUT2D eigenvalue weighted by molar-refractivity contribution is 6.35. The highest BCUT2D eigenvalue weighted by Gasteiger charge is 2.19. The molecule has 1 N–H and O–H groups in total. The molecular weight excluding hydrogens is 282 g/mol. The van der Waals surface area contributed by atoms with E-state index >= 15 is 0 Å². The number of nitrogens with one attached hydrogen (secondary N) is 1. The summed E-state index contributed by atoms with van der Waals surface area (Å²) in [7, 11) is 0. The van der Waals surface area contributed by atoms with Gasteiger partial charge in [0.1, 0.15) is 5.75 Å². The van der Waals surface area contributed by atoms with Crippen molar-refractivity contribution < 1.29 is 4.74 Å². The zero-order chi connectivity index (χ0) is 14.7. The molecule has 0 aromatic heterocycles. The molecule has 1 saturated carbocycles. The first-order valence-electron chi connectivity index (χ1n) is 7.81. The maximum atomic E-state index is 6.24. The minimum absolute atomic E-state index is 0.218. The van der Waals surface area contributed by atoms with Gasteiger partial charge in [0.15, 0.2) is 0 Å². The first-order valence-corrected chi connectivity index (χ1v) is 8.19. The largest absolute Gasteiger partial charge is 0.490 e. The Hall–Kier alpha value is -1.25. The second-order valence-corrected chi connectivity index (χ2v) is 6.30. The summed E-state index contributed by atoms with van der Waals surface area (Å²) in [6.45, 7) is 3.24. The standard InChI is InChI=1S/C18H22ClNO/c1-13(5-4-12-20-14-8-9-14)21-18-11-10-17(19)15-6-2-3-7-16(15)18/h2-3,6-7,10-11,13-14,20H,4-5,8-9,12H2,1H3. The lowest BCUT2D eigenvalue weighted by atomic mass is 10.1. The van der Waals surface area contributed by atoms with Gasteiger partial charge < -0.3 is 10.1 Å². The Kier molecular flexibility index (Phi) is 4.67. The zero-order valence-electron chi connectivity index (χ0n) is 12.4. The van der Waals surface area contributed by atoms with Gasteiger partial charge in [-0.25, -0.2) is 0 Å². The summed E-state index contributed by atoms with van der Waals surface area (Å²) in [5, 5.41) is 6.46. The molecule has 0 bridgehead atoms. The van der Waals surface area contributed by atoms with Gasteiger partial charge in [-0.3, -0.25) is 0 Å². The van der Waals surface area contributed by atoms with Crippen molar-refractivity contribution in [1.29, 1.82) is 0 Å². The van der Waals surface area contributed by atoms with Crippen molar-refractivity contribution in [2.75, 3.05) is 6.54 Å². The van der Waals surface area contributed by atoms with Gasteiger partial charge >= 0.3 is 0 Å². The van der Waals surface area contributed by atoms with Crippen LogP contribution in [-0.2, 0) is 0 Å². The monoisotopic (exact) mass is 303 g/mol. The Balaban J connectivity index is 1.59. The van der Waals surface area contributed by atoms with E-state index in [0.717, 1.165) is 47.0 Å². The van der Waals surface area contributed by atoms with Crippen molar-refractivity contribution >= 4 is 22.4 Å². The maximum absolute atomic E-state index is 6.24. The van der Waals surface area contributed by atoms with Crippen molar-refractivity contribution in [2.45, 2.75) is 44.8 Å². The van der Waals surface area contributed by atoms with Gasteiger partial charge in [-0.1, -0.05) is 35.9 Å². The van der Waals surface area contributed by atoms with Gasteiger partial charge in [0.25, 0.3) is 0 Å². The molecule has 0 amide bonds. The molecule has 3 heteroatoms. The minimum Gasteiger partial charge on any atom is -0.490 e. The molecule has 3 rings (SSSR count). The molecule has 1 unspecified atom stereocenters. The Bertz CT molecular complexity index is 609. The molecule has 1 atom stereocenters. The predicted molar refractivity (Wildman–Crippen MR) is 89.3 cm³/mol. The number of fused-ring (bicyclic) bond motifs is 1. The van der Waals surface area contributed by atoms with Crippen LogP contribution in [0.25, 0.3) is 10.8 Å². The lowest BCUT2D eigenvalue weighted by Crippen LogP contribution is -2.20. The second-order valence-electron chi connectivity index (χ2n) is 5.89. The van der Waals surface area contributed by atoms with E-state index in [9.17, 15) is 0 Å². The molecular formula is C18H22ClNO. The first kappa shape index (κ1) is 14.7. The minimum atomic E-state index is 0.218. The molecule has 21 heavy (non-hydrogen) atoms. The Morgan fingerprint density at radius 3 is 2.71 bits per heavy atom. The molecule has 2 aromatic rings. The van der Waals surface area contributed by atoms with Crippen LogP contribution < -0.4 is 10.1 Å². The Morgan fingerprint density at radius 2 is 1.95 bits per heavy atom. The molecule has 2 nitrogen and oxygen atoms in total. The average molecular weight is 304 g/mol. The van der Waals surface area contributed by atoms with E-state index in [2.05, 4.69) is 18.3 Å². The van der Waals surface area contributed by atoms with Crippen LogP contribution in [0.2, 0.25) is 5.02 Å². The lowest BCUT2D eigenvalue weighted by molar-refractivity contribution is 0.210. The fourth-order valence-electron chi connectivity index (χ4n) is 2.60. The van der Waals surface area contributed by atoms with Crippen LogP contribution in [0.15, 0.2) is 36.4 Å². The molecule has 0 aliphatic heterocycles. The second kappa shape index (κ2) is 6.67. The normalized spacial score (nSPS) is 16.1. The van der Waals surface area contributed by atoms with E-state index in [1.165, 1.54) is 12.8 Å². The number of benzene rings is 2. The molecule has 1 aliphatic rings. The average Bonchev–Trinajstić information content (AvgIpc) is 3.31. The summed E-state index contributed by atoms with van der Waals surface area (Å²) in [6.07, 6.45) is 5.14. The molecule has 1 fully saturated rings. The molecule has 2 aromatic carbocycles. The summed E-state index contributed by atoms with van der Waals surface area (Å²) < 4.78 is 6.12. The van der Waals surface area contributed by atoms with Gasteiger partial charge in [-0.2, -0.15) is 0 Å². The zero-order valence-corrected chi connectivity index (χ0v) is 13.2. The summed E-state index contributed by atoms with van der Waals surface area (Å²) in [5.41, 5.74) is 0. The number of hydrogen-bond acceptors (Lipinski definition) is 2. The summed E-state index contributed by atoms with van der Waals surface area (Å²) in [4.78, 5) is 0. The van der Waals surface area contributed by atoms with Crippen LogP contribution in [-0.4, -0.2) is 18.7 Å². The van der Waals surface area contributed by atoms with Gasteiger partial charge in [0.2, 0.25) is 0 Å². The molecule has 0 spiro atoms. The van der Waals surface area contributed by atoms with Gasteiger partial charge in [0.05, 0.1) is 6.10 Å². The van der Waals surface area contributed by atoms with Gasteiger partial charge in [0, 0.05) is 21.8 Å². The third-order valence-electron chi connectivity index (χ3n) is 3.96. The quantitative estimate of drug-likeness (QED) is 0.742. The smallest absolute Gasteiger partial charge is 0.127 e. The molecule has 1 aliphatic carbocycles. The van der Waals surface area contributed by atoms with Crippen LogP contribution in [0.5, 0.6) is 5.75 Å². The SMILES string of the molecule is CC(CCCNC1CC1)Oc1ccc(Cl)c2ccccc12. The highest BCUT2D eigenvalue weighted by atomic mass is 35.5. The van der Waals surface area contributed by atoms with E-state index in [4.69, 9.17) is 16.3 Å². The van der Waals surface area contributed by atoms with Gasteiger partial charge in [-0.15, -0.1) is 0 Å². The third-order valence-corrected chi connectivity index (χ3v) is 4.29. The summed E-state index contributed by atoms with van der Waals surface area (Å²) >= 11 is 6.24. The predicted octanol–water partition coefficient (Wildman–Crippen LogP) is 4.79. The Morgan fingerprint density at radius 1 is 1.19 bits per heavy atom. The van der Waals surface area contributed by atoms with Crippen molar-refractivity contribution in [3.05, 3.63) is 41.4 Å². The van der Waals surface area contributed by atoms with Gasteiger partial charge in [-0.05, 0) is 51.3 Å². The maximum Gasteiger partial charge on any atom is 0.127 e. The summed E-state index contributed by atoms with van der Waals surface area (Å²) in [6, 6.07) is 12.8. The van der Waals surface area contributed by atoms with E-state index < -0.39 is 0 Å². The topological polar surface area (TPSA) is 21.3 Å². The number of hydrogen-bond donors (Lipinski definition) is 1. The van der Waals surface area contributed by atoms with Crippen LogP contribution >= 0.6 is 11.6 Å².